The molecule has 0 radical (unpaired) electrons. The van der Waals surface area contributed by atoms with Gasteiger partial charge in [0.15, 0.2) is 0 Å². The van der Waals surface area contributed by atoms with Crippen molar-refractivity contribution >= 4 is 50.5 Å². The number of hydrogen-bond donors (Lipinski definition) is 2. The van der Waals surface area contributed by atoms with Gasteiger partial charge in [0, 0.05) is 11.3 Å². The predicted molar refractivity (Wildman–Crippen MR) is 118 cm³/mol. The highest BCUT2D eigenvalue weighted by Gasteiger charge is 2.21. The lowest BCUT2D eigenvalue weighted by Gasteiger charge is -2.13. The van der Waals surface area contributed by atoms with Gasteiger partial charge in [0.2, 0.25) is 0 Å². The summed E-state index contributed by atoms with van der Waals surface area (Å²) in [4.78, 5) is 12.5. The molecule has 0 saturated carbocycles. The molecule has 8 heteroatoms. The Hall–Kier alpha value is -2.54. The van der Waals surface area contributed by atoms with Crippen molar-refractivity contribution < 1.29 is 13.2 Å². The summed E-state index contributed by atoms with van der Waals surface area (Å²) < 4.78 is 28.0. The van der Waals surface area contributed by atoms with Crippen LogP contribution in [0.2, 0.25) is 10.0 Å². The topological polar surface area (TPSA) is 75.3 Å². The third-order valence-corrected chi connectivity index (χ3v) is 6.62. The number of sulfonamides is 1. The Morgan fingerprint density at radius 3 is 2.34 bits per heavy atom. The van der Waals surface area contributed by atoms with Gasteiger partial charge in [-0.15, -0.1) is 0 Å². The average Bonchev–Trinajstić information content (AvgIpc) is 2.67. The van der Waals surface area contributed by atoms with Crippen LogP contribution in [0.5, 0.6) is 0 Å². The van der Waals surface area contributed by atoms with E-state index in [0.29, 0.717) is 11.3 Å². The van der Waals surface area contributed by atoms with E-state index in [4.69, 9.17) is 23.2 Å². The minimum Gasteiger partial charge on any atom is -0.322 e. The molecule has 0 aliphatic rings. The number of hydrogen-bond acceptors (Lipinski definition) is 3. The molecule has 0 aliphatic heterocycles. The normalized spacial score (nSPS) is 11.2. The maximum Gasteiger partial charge on any atom is 0.263 e. The van der Waals surface area contributed by atoms with Crippen molar-refractivity contribution in [2.75, 3.05) is 10.0 Å². The van der Waals surface area contributed by atoms with Crippen LogP contribution >= 0.6 is 23.2 Å². The summed E-state index contributed by atoms with van der Waals surface area (Å²) in [6.07, 6.45) is 0. The second kappa shape index (κ2) is 8.45. The standard InChI is InChI=1S/C21H18Cl2N2O3S/c1-13-6-5-7-16(14(13)2)21(26)24-15-10-11-18(23)20(12-15)29(27,28)25-19-9-4-3-8-17(19)22/h3-12,25H,1-2H3,(H,24,26). The van der Waals surface area contributed by atoms with Crippen LogP contribution in [0.15, 0.2) is 65.6 Å². The Morgan fingerprint density at radius 2 is 1.62 bits per heavy atom. The van der Waals surface area contributed by atoms with Crippen LogP contribution in [-0.4, -0.2) is 14.3 Å². The first-order valence-corrected chi connectivity index (χ1v) is 10.9. The van der Waals surface area contributed by atoms with E-state index in [1.54, 1.807) is 42.5 Å². The van der Waals surface area contributed by atoms with E-state index in [1.807, 2.05) is 19.9 Å². The molecule has 0 unspecified atom stereocenters. The molecular formula is C21H18Cl2N2O3S. The Kier molecular flexibility index (Phi) is 6.17. The summed E-state index contributed by atoms with van der Waals surface area (Å²) in [6.45, 7) is 3.77. The number of carbonyl (C=O) groups is 1. The second-order valence-electron chi connectivity index (χ2n) is 6.43. The summed E-state index contributed by atoms with van der Waals surface area (Å²) in [5, 5.41) is 3.00. The van der Waals surface area contributed by atoms with Gasteiger partial charge in [0.05, 0.1) is 15.7 Å². The van der Waals surface area contributed by atoms with Gasteiger partial charge in [-0.1, -0.05) is 47.5 Å². The Bertz CT molecular complexity index is 1190. The van der Waals surface area contributed by atoms with E-state index in [9.17, 15) is 13.2 Å². The Labute approximate surface area is 179 Å². The summed E-state index contributed by atoms with van der Waals surface area (Å²) in [7, 11) is -4.02. The highest BCUT2D eigenvalue weighted by atomic mass is 35.5. The maximum atomic E-state index is 12.8. The predicted octanol–water partition coefficient (Wildman–Crippen LogP) is 5.66. The van der Waals surface area contributed by atoms with Gasteiger partial charge in [-0.05, 0) is 61.4 Å². The summed E-state index contributed by atoms with van der Waals surface area (Å²) in [6, 6.07) is 16.2. The highest BCUT2D eigenvalue weighted by Crippen LogP contribution is 2.29. The van der Waals surface area contributed by atoms with E-state index in [1.165, 1.54) is 12.1 Å². The van der Waals surface area contributed by atoms with Crippen LogP contribution in [0.4, 0.5) is 11.4 Å². The average molecular weight is 449 g/mol. The van der Waals surface area contributed by atoms with Crippen molar-refractivity contribution in [3.63, 3.8) is 0 Å². The summed E-state index contributed by atoms with van der Waals surface area (Å²) in [5.74, 6) is -0.337. The number of rotatable bonds is 5. The smallest absolute Gasteiger partial charge is 0.263 e. The first-order valence-electron chi connectivity index (χ1n) is 8.63. The number of amides is 1. The van der Waals surface area contributed by atoms with Crippen LogP contribution in [-0.2, 0) is 10.0 Å². The number of anilines is 2. The number of carbonyl (C=O) groups excluding carboxylic acids is 1. The van der Waals surface area contributed by atoms with Gasteiger partial charge in [-0.2, -0.15) is 0 Å². The third kappa shape index (κ3) is 4.72. The minimum absolute atomic E-state index is 0.0225. The van der Waals surface area contributed by atoms with Crippen molar-refractivity contribution in [2.24, 2.45) is 0 Å². The van der Waals surface area contributed by atoms with Gasteiger partial charge in [-0.25, -0.2) is 8.42 Å². The van der Waals surface area contributed by atoms with Crippen molar-refractivity contribution in [3.05, 3.63) is 87.4 Å². The van der Waals surface area contributed by atoms with Gasteiger partial charge in [0.1, 0.15) is 4.90 Å². The van der Waals surface area contributed by atoms with E-state index in [0.717, 1.165) is 11.1 Å². The minimum atomic E-state index is -4.02. The van der Waals surface area contributed by atoms with Crippen LogP contribution in [0.3, 0.4) is 0 Å². The van der Waals surface area contributed by atoms with E-state index in [-0.39, 0.29) is 26.5 Å². The third-order valence-electron chi connectivity index (χ3n) is 4.45. The zero-order valence-corrected chi connectivity index (χ0v) is 18.0. The molecule has 0 atom stereocenters. The van der Waals surface area contributed by atoms with Crippen molar-refractivity contribution in [3.8, 4) is 0 Å². The number of halogens is 2. The SMILES string of the molecule is Cc1cccc(C(=O)Nc2ccc(Cl)c(S(=O)(=O)Nc3ccccc3Cl)c2)c1C. The molecule has 0 saturated heterocycles. The number of nitrogens with one attached hydrogen (secondary N) is 2. The summed E-state index contributed by atoms with van der Waals surface area (Å²) in [5.41, 5.74) is 2.89. The Balaban J connectivity index is 1.91. The maximum absolute atomic E-state index is 12.8. The van der Waals surface area contributed by atoms with Crippen molar-refractivity contribution in [1.29, 1.82) is 0 Å². The number of aryl methyl sites for hydroxylation is 1. The highest BCUT2D eigenvalue weighted by molar-refractivity contribution is 7.92. The fourth-order valence-corrected chi connectivity index (χ4v) is 4.57. The molecule has 150 valence electrons. The Morgan fingerprint density at radius 1 is 0.897 bits per heavy atom. The van der Waals surface area contributed by atoms with E-state index in [2.05, 4.69) is 10.0 Å². The molecular weight excluding hydrogens is 431 g/mol. The zero-order chi connectivity index (χ0) is 21.2. The fourth-order valence-electron chi connectivity index (χ4n) is 2.73. The molecule has 5 nitrogen and oxygen atoms in total. The van der Waals surface area contributed by atoms with Crippen LogP contribution < -0.4 is 10.0 Å². The van der Waals surface area contributed by atoms with Gasteiger partial charge < -0.3 is 5.32 Å². The second-order valence-corrected chi connectivity index (χ2v) is 8.90. The first kappa shape index (κ1) is 21.2. The van der Waals surface area contributed by atoms with Gasteiger partial charge in [-0.3, -0.25) is 9.52 Å². The zero-order valence-electron chi connectivity index (χ0n) is 15.7. The molecule has 0 aliphatic carbocycles. The lowest BCUT2D eigenvalue weighted by atomic mass is 10.0. The van der Waals surface area contributed by atoms with Crippen LogP contribution in [0, 0.1) is 13.8 Å². The molecule has 2 N–H and O–H groups in total. The quantitative estimate of drug-likeness (QED) is 0.528. The van der Waals surface area contributed by atoms with Crippen molar-refractivity contribution in [1.82, 2.24) is 0 Å². The van der Waals surface area contributed by atoms with E-state index >= 15 is 0 Å². The van der Waals surface area contributed by atoms with Gasteiger partial charge in [0.25, 0.3) is 15.9 Å². The molecule has 3 rings (SSSR count). The molecule has 0 aromatic heterocycles. The number of para-hydroxylation sites is 1. The monoisotopic (exact) mass is 448 g/mol. The molecule has 3 aromatic rings. The lowest BCUT2D eigenvalue weighted by Crippen LogP contribution is -2.16. The number of benzene rings is 3. The largest absolute Gasteiger partial charge is 0.322 e. The molecule has 0 bridgehead atoms. The lowest BCUT2D eigenvalue weighted by molar-refractivity contribution is 0.102. The molecule has 29 heavy (non-hydrogen) atoms. The molecule has 1 amide bonds. The van der Waals surface area contributed by atoms with E-state index < -0.39 is 10.0 Å². The first-order chi connectivity index (χ1) is 13.7. The summed E-state index contributed by atoms with van der Waals surface area (Å²) >= 11 is 12.2. The van der Waals surface area contributed by atoms with Crippen LogP contribution in [0.1, 0.15) is 21.5 Å². The van der Waals surface area contributed by atoms with Crippen LogP contribution in [0.25, 0.3) is 0 Å². The molecule has 0 heterocycles. The molecule has 0 spiro atoms. The molecule has 3 aromatic carbocycles. The fraction of sp³-hybridized carbons (Fsp3) is 0.0952. The van der Waals surface area contributed by atoms with Gasteiger partial charge >= 0.3 is 0 Å². The molecule has 0 fully saturated rings. The van der Waals surface area contributed by atoms with Crippen molar-refractivity contribution in [2.45, 2.75) is 18.7 Å².